The maximum Gasteiger partial charge on any atom is 0.410 e. The van der Waals surface area contributed by atoms with Gasteiger partial charge >= 0.3 is 6.09 Å². The second-order valence-electron chi connectivity index (χ2n) is 4.60. The Labute approximate surface area is 122 Å². The van der Waals surface area contributed by atoms with Crippen molar-refractivity contribution < 1.29 is 18.3 Å². The summed E-state index contributed by atoms with van der Waals surface area (Å²) in [6, 6.07) is 7.84. The number of nitrogens with zero attached hydrogens (tertiary/aromatic N) is 1. The van der Waals surface area contributed by atoms with Gasteiger partial charge in [0.1, 0.15) is 6.61 Å². The maximum absolute atomic E-state index is 13.2. The van der Waals surface area contributed by atoms with Crippen LogP contribution < -0.4 is 5.73 Å². The van der Waals surface area contributed by atoms with Crippen LogP contribution in [0.3, 0.4) is 0 Å². The Morgan fingerprint density at radius 1 is 1.40 bits per heavy atom. The highest BCUT2D eigenvalue weighted by atomic mass is 35.5. The van der Waals surface area contributed by atoms with Gasteiger partial charge in [0.05, 0.1) is 6.04 Å². The fourth-order valence-corrected chi connectivity index (χ4v) is 1.91. The molecule has 1 heterocycles. The molecule has 1 aromatic rings. The summed E-state index contributed by atoms with van der Waals surface area (Å²) >= 11 is 0. The SMILES string of the molecule is Cl.NC1CN(C(=O)OCc2ccccc2)CCC1(F)F. The summed E-state index contributed by atoms with van der Waals surface area (Å²) in [6.07, 6.45) is -1.02. The van der Waals surface area contributed by atoms with Crippen LogP contribution in [0.1, 0.15) is 12.0 Å². The standard InChI is InChI=1S/C13H16F2N2O2.ClH/c14-13(15)6-7-17(8-11(13)16)12(18)19-9-10-4-2-1-3-5-10;/h1-5,11H,6-9,16H2;1H. The largest absolute Gasteiger partial charge is 0.445 e. The number of alkyl halides is 2. The molecule has 1 aromatic carbocycles. The number of ether oxygens (including phenoxy) is 1. The van der Waals surface area contributed by atoms with Gasteiger partial charge in [0.25, 0.3) is 5.92 Å². The van der Waals surface area contributed by atoms with Crippen LogP contribution in [0, 0.1) is 0 Å². The van der Waals surface area contributed by atoms with Crippen molar-refractivity contribution in [2.24, 2.45) is 5.73 Å². The molecule has 1 amide bonds. The van der Waals surface area contributed by atoms with E-state index >= 15 is 0 Å². The Kier molecular flexibility index (Phi) is 5.71. The highest BCUT2D eigenvalue weighted by molar-refractivity contribution is 5.85. The van der Waals surface area contributed by atoms with Gasteiger partial charge in [0, 0.05) is 19.5 Å². The van der Waals surface area contributed by atoms with Gasteiger partial charge in [-0.2, -0.15) is 0 Å². The molecule has 112 valence electrons. The predicted molar refractivity (Wildman–Crippen MR) is 73.0 cm³/mol. The fraction of sp³-hybridized carbons (Fsp3) is 0.462. The van der Waals surface area contributed by atoms with Crippen LogP contribution in [-0.4, -0.2) is 36.0 Å². The number of piperidine rings is 1. The van der Waals surface area contributed by atoms with Crippen LogP contribution in [-0.2, 0) is 11.3 Å². The average Bonchev–Trinajstić information content (AvgIpc) is 2.40. The summed E-state index contributed by atoms with van der Waals surface area (Å²) in [5.74, 6) is -2.91. The molecule has 2 N–H and O–H groups in total. The Balaban J connectivity index is 0.00000200. The lowest BCUT2D eigenvalue weighted by Gasteiger charge is -2.35. The molecular formula is C13H17ClF2N2O2. The Morgan fingerprint density at radius 2 is 2.05 bits per heavy atom. The van der Waals surface area contributed by atoms with E-state index in [9.17, 15) is 13.6 Å². The minimum atomic E-state index is -2.91. The smallest absolute Gasteiger partial charge is 0.410 e. The first-order valence-electron chi connectivity index (χ1n) is 6.08. The molecule has 0 spiro atoms. The zero-order chi connectivity index (χ0) is 13.9. The van der Waals surface area contributed by atoms with Crippen LogP contribution in [0.4, 0.5) is 13.6 Å². The van der Waals surface area contributed by atoms with Gasteiger partial charge in [-0.1, -0.05) is 30.3 Å². The minimum absolute atomic E-state index is 0. The van der Waals surface area contributed by atoms with E-state index in [-0.39, 0.29) is 32.1 Å². The van der Waals surface area contributed by atoms with Gasteiger partial charge in [-0.25, -0.2) is 13.6 Å². The number of carbonyl (C=O) groups excluding carboxylic acids is 1. The van der Waals surface area contributed by atoms with Crippen molar-refractivity contribution in [3.63, 3.8) is 0 Å². The molecule has 1 fully saturated rings. The number of hydrogen-bond donors (Lipinski definition) is 1. The average molecular weight is 307 g/mol. The van der Waals surface area contributed by atoms with E-state index in [1.54, 1.807) is 0 Å². The molecule has 7 heteroatoms. The third kappa shape index (κ3) is 4.05. The van der Waals surface area contributed by atoms with E-state index in [1.807, 2.05) is 30.3 Å². The van der Waals surface area contributed by atoms with Crippen LogP contribution in [0.2, 0.25) is 0 Å². The van der Waals surface area contributed by atoms with Gasteiger partial charge in [-0.3, -0.25) is 0 Å². The topological polar surface area (TPSA) is 55.6 Å². The van der Waals surface area contributed by atoms with E-state index < -0.39 is 24.5 Å². The number of halogens is 3. The van der Waals surface area contributed by atoms with E-state index in [2.05, 4.69) is 0 Å². The minimum Gasteiger partial charge on any atom is -0.445 e. The lowest BCUT2D eigenvalue weighted by molar-refractivity contribution is -0.0696. The van der Waals surface area contributed by atoms with Gasteiger partial charge < -0.3 is 15.4 Å². The maximum atomic E-state index is 13.2. The van der Waals surface area contributed by atoms with Crippen molar-refractivity contribution in [1.82, 2.24) is 4.90 Å². The quantitative estimate of drug-likeness (QED) is 0.913. The number of rotatable bonds is 2. The first-order valence-corrected chi connectivity index (χ1v) is 6.08. The Bertz CT molecular complexity index is 445. The molecule has 1 unspecified atom stereocenters. The van der Waals surface area contributed by atoms with Gasteiger partial charge in [0.15, 0.2) is 0 Å². The van der Waals surface area contributed by atoms with Crippen molar-refractivity contribution in [3.8, 4) is 0 Å². The number of carbonyl (C=O) groups is 1. The summed E-state index contributed by atoms with van der Waals surface area (Å²) in [4.78, 5) is 13.0. The molecule has 2 rings (SSSR count). The molecule has 1 aliphatic rings. The first-order chi connectivity index (χ1) is 8.99. The van der Waals surface area contributed by atoms with Crippen molar-refractivity contribution in [1.29, 1.82) is 0 Å². The predicted octanol–water partition coefficient (Wildman–Crippen LogP) is 2.41. The lowest BCUT2D eigenvalue weighted by Crippen LogP contribution is -2.56. The third-order valence-electron chi connectivity index (χ3n) is 3.14. The molecule has 0 bridgehead atoms. The van der Waals surface area contributed by atoms with Crippen molar-refractivity contribution >= 4 is 18.5 Å². The molecule has 0 aliphatic carbocycles. The van der Waals surface area contributed by atoms with E-state index in [0.717, 1.165) is 5.56 Å². The molecule has 4 nitrogen and oxygen atoms in total. The van der Waals surface area contributed by atoms with Crippen LogP contribution in [0.5, 0.6) is 0 Å². The van der Waals surface area contributed by atoms with Gasteiger partial charge in [-0.15, -0.1) is 12.4 Å². The van der Waals surface area contributed by atoms with Gasteiger partial charge in [-0.05, 0) is 5.56 Å². The number of amides is 1. The van der Waals surface area contributed by atoms with E-state index in [4.69, 9.17) is 10.5 Å². The Hall–Kier alpha value is -1.40. The molecule has 1 atom stereocenters. The highest BCUT2D eigenvalue weighted by Gasteiger charge is 2.43. The van der Waals surface area contributed by atoms with Crippen molar-refractivity contribution in [3.05, 3.63) is 35.9 Å². The molecule has 1 aliphatic heterocycles. The lowest BCUT2D eigenvalue weighted by atomic mass is 10.0. The second-order valence-corrected chi connectivity index (χ2v) is 4.60. The van der Waals surface area contributed by atoms with Crippen LogP contribution in [0.15, 0.2) is 30.3 Å². The summed E-state index contributed by atoms with van der Waals surface area (Å²) in [7, 11) is 0. The van der Waals surface area contributed by atoms with E-state index in [0.29, 0.717) is 0 Å². The van der Waals surface area contributed by atoms with E-state index in [1.165, 1.54) is 4.90 Å². The van der Waals surface area contributed by atoms with Crippen molar-refractivity contribution in [2.75, 3.05) is 13.1 Å². The van der Waals surface area contributed by atoms with Gasteiger partial charge in [0.2, 0.25) is 0 Å². The second kappa shape index (κ2) is 6.85. The van der Waals surface area contributed by atoms with Crippen LogP contribution in [0.25, 0.3) is 0 Å². The number of hydrogen-bond acceptors (Lipinski definition) is 3. The molecule has 1 saturated heterocycles. The first kappa shape index (κ1) is 16.7. The number of likely N-dealkylation sites (tertiary alicyclic amines) is 1. The zero-order valence-electron chi connectivity index (χ0n) is 10.8. The molecule has 0 radical (unpaired) electrons. The highest BCUT2D eigenvalue weighted by Crippen LogP contribution is 2.27. The fourth-order valence-electron chi connectivity index (χ4n) is 1.91. The molecular weight excluding hydrogens is 290 g/mol. The summed E-state index contributed by atoms with van der Waals surface area (Å²) in [6.45, 7) is -0.0866. The Morgan fingerprint density at radius 3 is 2.65 bits per heavy atom. The zero-order valence-corrected chi connectivity index (χ0v) is 11.6. The van der Waals surface area contributed by atoms with Crippen molar-refractivity contribution in [2.45, 2.75) is 25.0 Å². The summed E-state index contributed by atoms with van der Waals surface area (Å²) < 4.78 is 31.4. The molecule has 0 aromatic heterocycles. The normalized spacial score (nSPS) is 20.9. The number of benzene rings is 1. The molecule has 20 heavy (non-hydrogen) atoms. The summed E-state index contributed by atoms with van der Waals surface area (Å²) in [5.41, 5.74) is 6.20. The van der Waals surface area contributed by atoms with Crippen LogP contribution >= 0.6 is 12.4 Å². The monoisotopic (exact) mass is 306 g/mol. The molecule has 0 saturated carbocycles. The number of nitrogens with two attached hydrogens (primary N) is 1. The summed E-state index contributed by atoms with van der Waals surface area (Å²) in [5, 5.41) is 0. The third-order valence-corrected chi connectivity index (χ3v) is 3.14.